The largest absolute Gasteiger partial charge is 0.385 e. The minimum absolute atomic E-state index is 0.236. The van der Waals surface area contributed by atoms with Crippen LogP contribution < -0.4 is 5.73 Å². The van der Waals surface area contributed by atoms with Crippen LogP contribution in [0.15, 0.2) is 35.3 Å². The summed E-state index contributed by atoms with van der Waals surface area (Å²) in [6.07, 6.45) is -0.236. The monoisotopic (exact) mass is 220 g/mol. The van der Waals surface area contributed by atoms with Crippen LogP contribution in [-0.4, -0.2) is 19.5 Å². The van der Waals surface area contributed by atoms with Gasteiger partial charge in [0.15, 0.2) is 0 Å². The van der Waals surface area contributed by atoms with Crippen LogP contribution in [-0.2, 0) is 4.74 Å². The average molecular weight is 220 g/mol. The Balaban J connectivity index is 2.78. The molecule has 0 saturated carbocycles. The summed E-state index contributed by atoms with van der Waals surface area (Å²) >= 11 is 0. The molecule has 3 heteroatoms. The summed E-state index contributed by atoms with van der Waals surface area (Å²) in [4.78, 5) is 4.34. The Morgan fingerprint density at radius 1 is 1.31 bits per heavy atom. The Labute approximate surface area is 97.3 Å². The summed E-state index contributed by atoms with van der Waals surface area (Å²) in [6, 6.07) is 9.89. The molecule has 2 N–H and O–H groups in total. The zero-order valence-corrected chi connectivity index (χ0v) is 10.2. The first-order chi connectivity index (χ1) is 7.65. The van der Waals surface area contributed by atoms with E-state index in [-0.39, 0.29) is 6.10 Å². The average Bonchev–Trinajstić information content (AvgIpc) is 2.29. The highest BCUT2D eigenvalue weighted by atomic mass is 16.5. The molecule has 3 nitrogen and oxygen atoms in total. The molecule has 1 unspecified atom stereocenters. The van der Waals surface area contributed by atoms with E-state index in [1.54, 1.807) is 7.11 Å². The second kappa shape index (κ2) is 6.28. The second-order valence-corrected chi connectivity index (χ2v) is 4.19. The predicted octanol–water partition coefficient (Wildman–Crippen LogP) is 2.39. The first-order valence-electron chi connectivity index (χ1n) is 5.52. The normalized spacial score (nSPS) is 14.1. The molecule has 0 aliphatic rings. The molecule has 1 aromatic rings. The van der Waals surface area contributed by atoms with Crippen molar-refractivity contribution in [3.63, 3.8) is 0 Å². The molecule has 1 rings (SSSR count). The number of hydrogen-bond donors (Lipinski definition) is 1. The fourth-order valence-electron chi connectivity index (χ4n) is 1.43. The number of aliphatic imine (C=N–C) groups is 1. The van der Waals surface area contributed by atoms with Crippen molar-refractivity contribution in [3.05, 3.63) is 35.9 Å². The van der Waals surface area contributed by atoms with E-state index < -0.39 is 0 Å². The summed E-state index contributed by atoms with van der Waals surface area (Å²) in [5, 5.41) is 0. The van der Waals surface area contributed by atoms with Crippen molar-refractivity contribution >= 4 is 5.84 Å². The highest BCUT2D eigenvalue weighted by Gasteiger charge is 2.14. The maximum Gasteiger partial charge on any atom is 0.139 e. The Morgan fingerprint density at radius 2 is 1.94 bits per heavy atom. The van der Waals surface area contributed by atoms with Gasteiger partial charge in [-0.1, -0.05) is 44.2 Å². The molecule has 16 heavy (non-hydrogen) atoms. The molecule has 0 bridgehead atoms. The van der Waals surface area contributed by atoms with E-state index in [9.17, 15) is 0 Å². The van der Waals surface area contributed by atoms with E-state index in [0.29, 0.717) is 11.8 Å². The smallest absolute Gasteiger partial charge is 0.139 e. The zero-order chi connectivity index (χ0) is 12.0. The van der Waals surface area contributed by atoms with E-state index in [4.69, 9.17) is 10.5 Å². The zero-order valence-electron chi connectivity index (χ0n) is 10.2. The van der Waals surface area contributed by atoms with E-state index in [1.807, 2.05) is 30.3 Å². The van der Waals surface area contributed by atoms with Gasteiger partial charge in [0, 0.05) is 13.7 Å². The first kappa shape index (κ1) is 12.7. The molecule has 0 amide bonds. The number of nitrogens with two attached hydrogens (primary N) is 1. The van der Waals surface area contributed by atoms with E-state index in [1.165, 1.54) is 0 Å². The highest BCUT2D eigenvalue weighted by molar-refractivity contribution is 5.86. The first-order valence-corrected chi connectivity index (χ1v) is 5.52. The summed E-state index contributed by atoms with van der Waals surface area (Å²) in [7, 11) is 1.65. The van der Waals surface area contributed by atoms with Crippen molar-refractivity contribution in [1.82, 2.24) is 0 Å². The number of ether oxygens (including phenoxy) is 1. The van der Waals surface area contributed by atoms with E-state index in [0.717, 1.165) is 12.1 Å². The Hall–Kier alpha value is -1.35. The third kappa shape index (κ3) is 3.66. The molecule has 0 fully saturated rings. The van der Waals surface area contributed by atoms with E-state index in [2.05, 4.69) is 18.8 Å². The Morgan fingerprint density at radius 3 is 2.44 bits per heavy atom. The Kier molecular flexibility index (Phi) is 4.99. The standard InChI is InChI=1S/C13H20N2O/c1-10(2)9-15-13(14)12(16-3)11-7-5-4-6-8-11/h4-8,10,12H,9H2,1-3H3,(H2,14,15). The van der Waals surface area contributed by atoms with Crippen LogP contribution in [0.3, 0.4) is 0 Å². The topological polar surface area (TPSA) is 47.6 Å². The van der Waals surface area contributed by atoms with Crippen LogP contribution in [0.25, 0.3) is 0 Å². The van der Waals surface area contributed by atoms with Crippen LogP contribution in [0.5, 0.6) is 0 Å². The number of amidine groups is 1. The predicted molar refractivity (Wildman–Crippen MR) is 67.5 cm³/mol. The lowest BCUT2D eigenvalue weighted by Gasteiger charge is -2.15. The number of rotatable bonds is 5. The molecule has 0 aromatic heterocycles. The number of benzene rings is 1. The van der Waals surface area contributed by atoms with Gasteiger partial charge < -0.3 is 10.5 Å². The van der Waals surface area contributed by atoms with Gasteiger partial charge in [0.05, 0.1) is 0 Å². The van der Waals surface area contributed by atoms with Gasteiger partial charge in [0.2, 0.25) is 0 Å². The molecular weight excluding hydrogens is 200 g/mol. The fraction of sp³-hybridized carbons (Fsp3) is 0.462. The molecule has 88 valence electrons. The lowest BCUT2D eigenvalue weighted by atomic mass is 10.1. The highest BCUT2D eigenvalue weighted by Crippen LogP contribution is 2.16. The van der Waals surface area contributed by atoms with Gasteiger partial charge in [-0.15, -0.1) is 0 Å². The van der Waals surface area contributed by atoms with Crippen LogP contribution in [0.1, 0.15) is 25.5 Å². The van der Waals surface area contributed by atoms with Gasteiger partial charge in [-0.25, -0.2) is 0 Å². The SMILES string of the molecule is COC(C(N)=NCC(C)C)c1ccccc1. The molecule has 0 radical (unpaired) electrons. The lowest BCUT2D eigenvalue weighted by molar-refractivity contribution is 0.156. The lowest BCUT2D eigenvalue weighted by Crippen LogP contribution is -2.24. The summed E-state index contributed by atoms with van der Waals surface area (Å²) in [5.41, 5.74) is 6.97. The van der Waals surface area contributed by atoms with Crippen LogP contribution >= 0.6 is 0 Å². The molecule has 0 aliphatic heterocycles. The minimum Gasteiger partial charge on any atom is -0.385 e. The van der Waals surface area contributed by atoms with Gasteiger partial charge in [-0.3, -0.25) is 4.99 Å². The molecule has 1 atom stereocenters. The maximum absolute atomic E-state index is 5.93. The van der Waals surface area contributed by atoms with Crippen molar-refractivity contribution in [3.8, 4) is 0 Å². The van der Waals surface area contributed by atoms with E-state index >= 15 is 0 Å². The van der Waals surface area contributed by atoms with Gasteiger partial charge in [0.1, 0.15) is 11.9 Å². The van der Waals surface area contributed by atoms with Crippen molar-refractivity contribution in [1.29, 1.82) is 0 Å². The summed E-state index contributed by atoms with van der Waals surface area (Å²) < 4.78 is 5.37. The third-order valence-electron chi connectivity index (χ3n) is 2.25. The maximum atomic E-state index is 5.93. The van der Waals surface area contributed by atoms with Crippen LogP contribution in [0.4, 0.5) is 0 Å². The van der Waals surface area contributed by atoms with Gasteiger partial charge >= 0.3 is 0 Å². The third-order valence-corrected chi connectivity index (χ3v) is 2.25. The molecule has 1 aromatic carbocycles. The minimum atomic E-state index is -0.236. The summed E-state index contributed by atoms with van der Waals surface area (Å²) in [5.74, 6) is 1.05. The number of nitrogens with zero attached hydrogens (tertiary/aromatic N) is 1. The van der Waals surface area contributed by atoms with Crippen LogP contribution in [0.2, 0.25) is 0 Å². The Bertz CT molecular complexity index is 333. The van der Waals surface area contributed by atoms with Crippen molar-refractivity contribution in [2.75, 3.05) is 13.7 Å². The van der Waals surface area contributed by atoms with Crippen LogP contribution in [0, 0.1) is 5.92 Å². The quantitative estimate of drug-likeness (QED) is 0.612. The van der Waals surface area contributed by atoms with Gasteiger partial charge in [0.25, 0.3) is 0 Å². The molecule has 0 spiro atoms. The van der Waals surface area contributed by atoms with Gasteiger partial charge in [-0.2, -0.15) is 0 Å². The van der Waals surface area contributed by atoms with Crippen molar-refractivity contribution in [2.45, 2.75) is 20.0 Å². The number of methoxy groups -OCH3 is 1. The molecule has 0 saturated heterocycles. The number of hydrogen-bond acceptors (Lipinski definition) is 2. The molecular formula is C13H20N2O. The second-order valence-electron chi connectivity index (χ2n) is 4.19. The summed E-state index contributed by atoms with van der Waals surface area (Å²) in [6.45, 7) is 4.96. The molecule has 0 aliphatic carbocycles. The van der Waals surface area contributed by atoms with Gasteiger partial charge in [-0.05, 0) is 11.5 Å². The fourth-order valence-corrected chi connectivity index (χ4v) is 1.43. The van der Waals surface area contributed by atoms with Crippen molar-refractivity contribution < 1.29 is 4.74 Å². The molecule has 0 heterocycles. The van der Waals surface area contributed by atoms with Crippen molar-refractivity contribution in [2.24, 2.45) is 16.6 Å².